The summed E-state index contributed by atoms with van der Waals surface area (Å²) < 4.78 is 41.7. The lowest BCUT2D eigenvalue weighted by molar-refractivity contribution is -0.139. The highest BCUT2D eigenvalue weighted by atomic mass is 32.2. The molecule has 1 N–H and O–H groups in total. The van der Waals surface area contributed by atoms with Crippen LogP contribution in [-0.4, -0.2) is 50.5 Å². The number of sulfonamides is 1. The number of hydrogen-bond acceptors (Lipinski definition) is 4. The van der Waals surface area contributed by atoms with Gasteiger partial charge in [0.2, 0.25) is 21.8 Å². The van der Waals surface area contributed by atoms with Crippen molar-refractivity contribution >= 4 is 27.5 Å². The number of carbonyl (C=O) groups is 2. The first kappa shape index (κ1) is 30.5. The minimum Gasteiger partial charge on any atom is -0.354 e. The van der Waals surface area contributed by atoms with Crippen LogP contribution in [0.1, 0.15) is 70.4 Å². The highest BCUT2D eigenvalue weighted by Crippen LogP contribution is 2.60. The Labute approximate surface area is 249 Å². The normalized spacial score (nSPS) is 25.3. The van der Waals surface area contributed by atoms with Crippen LogP contribution >= 0.6 is 0 Å². The smallest absolute Gasteiger partial charge is 0.244 e. The lowest BCUT2D eigenvalue weighted by Crippen LogP contribution is -2.51. The molecule has 4 aliphatic rings. The molecule has 4 saturated carbocycles. The van der Waals surface area contributed by atoms with Crippen LogP contribution in [0, 0.1) is 29.5 Å². The van der Waals surface area contributed by atoms with E-state index >= 15 is 0 Å². The Balaban J connectivity index is 1.38. The number of nitrogens with zero attached hydrogens (tertiary/aromatic N) is 2. The van der Waals surface area contributed by atoms with Crippen molar-refractivity contribution in [3.8, 4) is 0 Å². The first-order valence-electron chi connectivity index (χ1n) is 15.2. The molecular weight excluding hydrogens is 553 g/mol. The van der Waals surface area contributed by atoms with Crippen LogP contribution in [0.3, 0.4) is 0 Å². The van der Waals surface area contributed by atoms with Gasteiger partial charge in [-0.2, -0.15) is 0 Å². The topological polar surface area (TPSA) is 86.8 Å². The molecule has 2 amide bonds. The Kier molecular flexibility index (Phi) is 8.70. The van der Waals surface area contributed by atoms with Gasteiger partial charge >= 0.3 is 0 Å². The zero-order chi connectivity index (χ0) is 30.2. The Hall–Kier alpha value is -2.94. The monoisotopic (exact) mass is 597 g/mol. The van der Waals surface area contributed by atoms with E-state index in [9.17, 15) is 22.4 Å². The van der Waals surface area contributed by atoms with E-state index in [4.69, 9.17) is 0 Å². The molecule has 0 unspecified atom stereocenters. The van der Waals surface area contributed by atoms with Gasteiger partial charge in [-0.05, 0) is 98.3 Å². The Morgan fingerprint density at radius 1 is 0.952 bits per heavy atom. The van der Waals surface area contributed by atoms with E-state index in [-0.39, 0.29) is 29.3 Å². The van der Waals surface area contributed by atoms with Gasteiger partial charge in [0.25, 0.3) is 0 Å². The summed E-state index contributed by atoms with van der Waals surface area (Å²) in [5, 5.41) is 2.83. The second-order valence-electron chi connectivity index (χ2n) is 13.4. The second-order valence-corrected chi connectivity index (χ2v) is 15.3. The average molecular weight is 598 g/mol. The number of anilines is 1. The lowest BCUT2D eigenvalue weighted by atomic mass is 9.48. The first-order chi connectivity index (χ1) is 19.8. The highest BCUT2D eigenvalue weighted by molar-refractivity contribution is 7.92. The molecule has 6 rings (SSSR count). The predicted molar refractivity (Wildman–Crippen MR) is 163 cm³/mol. The van der Waals surface area contributed by atoms with Crippen LogP contribution in [0.5, 0.6) is 0 Å². The summed E-state index contributed by atoms with van der Waals surface area (Å²) in [5.74, 6) is 1.13. The maximum atomic E-state index is 14.6. The van der Waals surface area contributed by atoms with Crippen molar-refractivity contribution in [1.82, 2.24) is 10.2 Å². The van der Waals surface area contributed by atoms with E-state index in [1.165, 1.54) is 55.1 Å². The van der Waals surface area contributed by atoms with E-state index in [2.05, 4.69) is 5.32 Å². The predicted octanol–water partition coefficient (Wildman–Crippen LogP) is 5.25. The van der Waals surface area contributed by atoms with Crippen molar-refractivity contribution in [2.24, 2.45) is 23.7 Å². The molecule has 4 bridgehead atoms. The van der Waals surface area contributed by atoms with E-state index in [1.807, 2.05) is 38.1 Å². The molecule has 1 atom stereocenters. The summed E-state index contributed by atoms with van der Waals surface area (Å²) in [7, 11) is -3.84. The number of rotatable bonds is 11. The molecular formula is C33H44FN3O4S. The minimum absolute atomic E-state index is 0.162. The van der Waals surface area contributed by atoms with Gasteiger partial charge in [-0.15, -0.1) is 0 Å². The van der Waals surface area contributed by atoms with Crippen LogP contribution in [-0.2, 0) is 31.6 Å². The highest BCUT2D eigenvalue weighted by Gasteiger charge is 2.51. The molecule has 228 valence electrons. The molecule has 2 aromatic rings. The van der Waals surface area contributed by atoms with Crippen molar-refractivity contribution in [1.29, 1.82) is 0 Å². The third-order valence-electron chi connectivity index (χ3n) is 9.64. The number of halogens is 1. The third kappa shape index (κ3) is 6.51. The number of hydrogen-bond donors (Lipinski definition) is 1. The minimum atomic E-state index is -3.84. The molecule has 2 aromatic carbocycles. The van der Waals surface area contributed by atoms with Crippen molar-refractivity contribution in [3.05, 3.63) is 65.5 Å². The van der Waals surface area contributed by atoms with Gasteiger partial charge < -0.3 is 10.2 Å². The molecule has 0 radical (unpaired) electrons. The summed E-state index contributed by atoms with van der Waals surface area (Å²) in [6.07, 6.45) is 8.72. The van der Waals surface area contributed by atoms with E-state index < -0.39 is 34.3 Å². The lowest BCUT2D eigenvalue weighted by Gasteiger charge is -2.57. The molecule has 9 heteroatoms. The summed E-state index contributed by atoms with van der Waals surface area (Å²) in [6, 6.07) is 12.9. The van der Waals surface area contributed by atoms with Crippen LogP contribution in [0.4, 0.5) is 10.1 Å². The Morgan fingerprint density at radius 3 is 2.05 bits per heavy atom. The zero-order valence-corrected chi connectivity index (χ0v) is 26.0. The quantitative estimate of drug-likeness (QED) is 0.384. The summed E-state index contributed by atoms with van der Waals surface area (Å²) in [6.45, 7) is 5.28. The molecule has 7 nitrogen and oxygen atoms in total. The van der Waals surface area contributed by atoms with Crippen molar-refractivity contribution < 1.29 is 22.4 Å². The van der Waals surface area contributed by atoms with Gasteiger partial charge in [-0.25, -0.2) is 12.8 Å². The first-order valence-corrected chi connectivity index (χ1v) is 17.1. The molecule has 0 aliphatic heterocycles. The van der Waals surface area contributed by atoms with Crippen LogP contribution in [0.2, 0.25) is 0 Å². The standard InChI is InChI=1S/C33H44FN3O4S/c1-22(2)19-35-32(39)23(3)36(20-27-7-5-6-8-30(27)34)31(38)21-37(42(4,40)41)29-11-9-28(10-12-29)33-16-24-13-25(17-33)15-26(14-24)18-33/h5-12,22-26H,13-21H2,1-4H3,(H,35,39)/t23-,24?,25?,26?,33?/m0/s1. The van der Waals surface area contributed by atoms with Crippen molar-refractivity contribution in [2.75, 3.05) is 23.7 Å². The number of amides is 2. The van der Waals surface area contributed by atoms with Crippen LogP contribution < -0.4 is 9.62 Å². The second kappa shape index (κ2) is 12.0. The van der Waals surface area contributed by atoms with Gasteiger partial charge in [-0.3, -0.25) is 13.9 Å². The van der Waals surface area contributed by atoms with Crippen molar-refractivity contribution in [3.63, 3.8) is 0 Å². The third-order valence-corrected chi connectivity index (χ3v) is 10.8. The fraction of sp³-hybridized carbons (Fsp3) is 0.576. The molecule has 0 saturated heterocycles. The summed E-state index contributed by atoms with van der Waals surface area (Å²) in [5.41, 5.74) is 2.10. The zero-order valence-electron chi connectivity index (χ0n) is 25.2. The van der Waals surface area contributed by atoms with Crippen molar-refractivity contribution in [2.45, 2.75) is 77.3 Å². The Morgan fingerprint density at radius 2 is 1.52 bits per heavy atom. The fourth-order valence-corrected chi connectivity index (χ4v) is 8.75. The molecule has 4 fully saturated rings. The maximum absolute atomic E-state index is 14.6. The van der Waals surface area contributed by atoms with Gasteiger partial charge in [0.15, 0.2) is 0 Å². The van der Waals surface area contributed by atoms with E-state index in [0.717, 1.165) is 28.3 Å². The fourth-order valence-electron chi connectivity index (χ4n) is 7.90. The molecule has 42 heavy (non-hydrogen) atoms. The number of carbonyl (C=O) groups excluding carboxylic acids is 2. The van der Waals surface area contributed by atoms with Crippen LogP contribution in [0.15, 0.2) is 48.5 Å². The molecule has 0 spiro atoms. The summed E-state index contributed by atoms with van der Waals surface area (Å²) >= 11 is 0. The molecule has 4 aliphatic carbocycles. The largest absolute Gasteiger partial charge is 0.354 e. The van der Waals surface area contributed by atoms with Gasteiger partial charge in [0, 0.05) is 18.7 Å². The maximum Gasteiger partial charge on any atom is 0.244 e. The summed E-state index contributed by atoms with van der Waals surface area (Å²) in [4.78, 5) is 28.0. The van der Waals surface area contributed by atoms with E-state index in [1.54, 1.807) is 25.1 Å². The molecule has 0 aromatic heterocycles. The van der Waals surface area contributed by atoms with E-state index in [0.29, 0.717) is 12.2 Å². The SMILES string of the molecule is CC(C)CNC(=O)[C@H](C)N(Cc1ccccc1F)C(=O)CN(c1ccc(C23CC4CC(CC(C4)C2)C3)cc1)S(C)(=O)=O. The number of nitrogens with one attached hydrogen (secondary N) is 1. The Bertz CT molecular complexity index is 1370. The van der Waals surface area contributed by atoms with Crippen LogP contribution in [0.25, 0.3) is 0 Å². The average Bonchev–Trinajstić information content (AvgIpc) is 2.92. The molecule has 0 heterocycles. The number of benzene rings is 2. The van der Waals surface area contributed by atoms with Gasteiger partial charge in [-0.1, -0.05) is 44.2 Å². The van der Waals surface area contributed by atoms with Gasteiger partial charge in [0.05, 0.1) is 11.9 Å². The van der Waals surface area contributed by atoms with Gasteiger partial charge in [0.1, 0.15) is 18.4 Å².